The molecular weight excluding hydrogens is 440 g/mol. The van der Waals surface area contributed by atoms with Crippen LogP contribution >= 0.6 is 0 Å². The quantitative estimate of drug-likeness (QED) is 0.579. The number of hydrogen-bond acceptors (Lipinski definition) is 5. The van der Waals surface area contributed by atoms with Crippen LogP contribution < -0.4 is 10.1 Å². The monoisotopic (exact) mass is 478 g/mol. The molecule has 7 heteroatoms. The molecule has 4 rings (SSSR count). The average Bonchev–Trinajstić information content (AvgIpc) is 2.85. The van der Waals surface area contributed by atoms with Crippen LogP contribution in [0.4, 0.5) is 0 Å². The molecule has 0 aliphatic carbocycles. The number of rotatable bonds is 9. The Bertz CT molecular complexity index is 985. The fourth-order valence-corrected chi connectivity index (χ4v) is 5.19. The number of unbranched alkanes of at least 4 members (excludes halogenated alkanes) is 1. The third kappa shape index (κ3) is 5.84. The molecular formula is C28H38N4O3. The Balaban J connectivity index is 1.38. The molecule has 2 fully saturated rings. The molecule has 1 atom stereocenters. The van der Waals surface area contributed by atoms with E-state index in [0.29, 0.717) is 37.5 Å². The van der Waals surface area contributed by atoms with Crippen LogP contribution in [0.5, 0.6) is 11.5 Å². The van der Waals surface area contributed by atoms with Crippen molar-refractivity contribution in [1.29, 1.82) is 0 Å². The zero-order chi connectivity index (χ0) is 24.8. The normalized spacial score (nSPS) is 20.3. The smallest absolute Gasteiger partial charge is 0.246 e. The van der Waals surface area contributed by atoms with E-state index < -0.39 is 11.6 Å². The second kappa shape index (κ2) is 11.2. The highest BCUT2D eigenvalue weighted by Crippen LogP contribution is 2.35. The van der Waals surface area contributed by atoms with E-state index in [1.54, 1.807) is 12.4 Å². The lowest BCUT2D eigenvalue weighted by Gasteiger charge is -2.52. The molecule has 35 heavy (non-hydrogen) atoms. The van der Waals surface area contributed by atoms with Crippen LogP contribution in [0.3, 0.4) is 0 Å². The summed E-state index contributed by atoms with van der Waals surface area (Å²) in [7, 11) is 0. The molecule has 1 unspecified atom stereocenters. The molecule has 1 aromatic heterocycles. The molecule has 2 aliphatic heterocycles. The number of pyridine rings is 1. The van der Waals surface area contributed by atoms with Crippen molar-refractivity contribution in [3.63, 3.8) is 0 Å². The molecule has 0 saturated carbocycles. The summed E-state index contributed by atoms with van der Waals surface area (Å²) in [5.74, 6) is 1.98. The summed E-state index contributed by atoms with van der Waals surface area (Å²) < 4.78 is 5.84. The van der Waals surface area contributed by atoms with Crippen molar-refractivity contribution >= 4 is 11.8 Å². The lowest BCUT2D eigenvalue weighted by Crippen LogP contribution is -2.73. The van der Waals surface area contributed by atoms with Gasteiger partial charge in [0.25, 0.3) is 0 Å². The van der Waals surface area contributed by atoms with E-state index in [1.807, 2.05) is 29.2 Å². The standard InChI is InChI=1S/C28H38N4O3/c1-4-5-15-32-26(33)25(18-21(2)3)30-27(34)28(32)12-16-31(17-13-28)20-22-8-10-23(11-9-22)35-24-7-6-14-29-19-24/h6-11,14,19,21,25H,4-5,12-13,15-18,20H2,1-3H3,(H,30,34). The number of ether oxygens (including phenoxy) is 1. The third-order valence-electron chi connectivity index (χ3n) is 7.13. The summed E-state index contributed by atoms with van der Waals surface area (Å²) in [6.45, 7) is 9.35. The number of carbonyl (C=O) groups excluding carboxylic acids is 2. The van der Waals surface area contributed by atoms with Gasteiger partial charge in [-0.25, -0.2) is 0 Å². The molecule has 7 nitrogen and oxygen atoms in total. The summed E-state index contributed by atoms with van der Waals surface area (Å²) in [5, 5.41) is 3.09. The number of aromatic nitrogens is 1. The van der Waals surface area contributed by atoms with E-state index in [1.165, 1.54) is 5.56 Å². The van der Waals surface area contributed by atoms with E-state index in [9.17, 15) is 9.59 Å². The number of amides is 2. The summed E-state index contributed by atoms with van der Waals surface area (Å²) in [5.41, 5.74) is 0.487. The summed E-state index contributed by atoms with van der Waals surface area (Å²) in [6.07, 6.45) is 7.37. The zero-order valence-corrected chi connectivity index (χ0v) is 21.2. The van der Waals surface area contributed by atoms with Crippen molar-refractivity contribution in [2.75, 3.05) is 19.6 Å². The van der Waals surface area contributed by atoms with Gasteiger partial charge in [-0.1, -0.05) is 39.3 Å². The summed E-state index contributed by atoms with van der Waals surface area (Å²) in [6, 6.07) is 11.4. The third-order valence-corrected chi connectivity index (χ3v) is 7.13. The van der Waals surface area contributed by atoms with Gasteiger partial charge in [-0.05, 0) is 61.4 Å². The lowest BCUT2D eigenvalue weighted by molar-refractivity contribution is -0.161. The highest BCUT2D eigenvalue weighted by Gasteiger charge is 2.53. The van der Waals surface area contributed by atoms with E-state index in [0.717, 1.165) is 38.2 Å². The van der Waals surface area contributed by atoms with Gasteiger partial charge in [-0.2, -0.15) is 0 Å². The average molecular weight is 479 g/mol. The van der Waals surface area contributed by atoms with Crippen molar-refractivity contribution < 1.29 is 14.3 Å². The first-order chi connectivity index (χ1) is 16.9. The molecule has 0 radical (unpaired) electrons. The van der Waals surface area contributed by atoms with Crippen LogP contribution in [0.1, 0.15) is 58.4 Å². The fourth-order valence-electron chi connectivity index (χ4n) is 5.19. The maximum Gasteiger partial charge on any atom is 0.246 e. The number of carbonyl (C=O) groups is 2. The molecule has 0 bridgehead atoms. The van der Waals surface area contributed by atoms with Gasteiger partial charge < -0.3 is 15.0 Å². The molecule has 188 valence electrons. The van der Waals surface area contributed by atoms with Gasteiger partial charge in [0.2, 0.25) is 11.8 Å². The van der Waals surface area contributed by atoms with Gasteiger partial charge in [0.05, 0.1) is 6.20 Å². The SMILES string of the molecule is CCCCN1C(=O)C(CC(C)C)NC(=O)C12CCN(Cc1ccc(Oc3cccnc3)cc1)CC2. The number of piperazine rings is 1. The van der Waals surface area contributed by atoms with Gasteiger partial charge in [0.15, 0.2) is 0 Å². The predicted molar refractivity (Wildman–Crippen MR) is 136 cm³/mol. The number of likely N-dealkylation sites (tertiary alicyclic amines) is 1. The van der Waals surface area contributed by atoms with Gasteiger partial charge in [-0.15, -0.1) is 0 Å². The first kappa shape index (κ1) is 25.2. The summed E-state index contributed by atoms with van der Waals surface area (Å²) in [4.78, 5) is 35.2. The molecule has 1 N–H and O–H groups in total. The van der Waals surface area contributed by atoms with Crippen LogP contribution in [0.25, 0.3) is 0 Å². The van der Waals surface area contributed by atoms with E-state index in [-0.39, 0.29) is 11.8 Å². The summed E-state index contributed by atoms with van der Waals surface area (Å²) >= 11 is 0. The molecule has 2 saturated heterocycles. The highest BCUT2D eigenvalue weighted by atomic mass is 16.5. The van der Waals surface area contributed by atoms with Crippen molar-refractivity contribution in [2.24, 2.45) is 5.92 Å². The Labute approximate surface area is 208 Å². The van der Waals surface area contributed by atoms with E-state index in [2.05, 4.69) is 48.1 Å². The highest BCUT2D eigenvalue weighted by molar-refractivity contribution is 6.00. The number of hydrogen-bond donors (Lipinski definition) is 1. The fraction of sp³-hybridized carbons (Fsp3) is 0.536. The van der Waals surface area contributed by atoms with Crippen LogP contribution in [0.15, 0.2) is 48.8 Å². The first-order valence-corrected chi connectivity index (χ1v) is 12.9. The Kier molecular flexibility index (Phi) is 8.06. The first-order valence-electron chi connectivity index (χ1n) is 12.9. The number of nitrogens with one attached hydrogen (secondary N) is 1. The molecule has 2 amide bonds. The van der Waals surface area contributed by atoms with Crippen LogP contribution in [-0.4, -0.2) is 57.8 Å². The zero-order valence-electron chi connectivity index (χ0n) is 21.2. The second-order valence-corrected chi connectivity index (χ2v) is 10.2. The van der Waals surface area contributed by atoms with Crippen molar-refractivity contribution in [3.05, 3.63) is 54.4 Å². The Morgan fingerprint density at radius 3 is 2.49 bits per heavy atom. The Morgan fingerprint density at radius 1 is 1.11 bits per heavy atom. The molecule has 2 aromatic rings. The second-order valence-electron chi connectivity index (χ2n) is 10.2. The van der Waals surface area contributed by atoms with Crippen LogP contribution in [-0.2, 0) is 16.1 Å². The largest absolute Gasteiger partial charge is 0.456 e. The number of benzene rings is 1. The maximum absolute atomic E-state index is 13.4. The van der Waals surface area contributed by atoms with Crippen LogP contribution in [0.2, 0.25) is 0 Å². The lowest BCUT2D eigenvalue weighted by atomic mass is 9.80. The van der Waals surface area contributed by atoms with Crippen molar-refractivity contribution in [2.45, 2.75) is 71.0 Å². The topological polar surface area (TPSA) is 74.8 Å². The van der Waals surface area contributed by atoms with Crippen LogP contribution in [0, 0.1) is 5.92 Å². The van der Waals surface area contributed by atoms with Crippen molar-refractivity contribution in [3.8, 4) is 11.5 Å². The van der Waals surface area contributed by atoms with Gasteiger partial charge in [-0.3, -0.25) is 19.5 Å². The minimum atomic E-state index is -0.711. The Morgan fingerprint density at radius 2 is 1.86 bits per heavy atom. The molecule has 1 spiro atoms. The maximum atomic E-state index is 13.4. The number of nitrogens with zero attached hydrogens (tertiary/aromatic N) is 3. The molecule has 3 heterocycles. The van der Waals surface area contributed by atoms with E-state index in [4.69, 9.17) is 4.74 Å². The van der Waals surface area contributed by atoms with Crippen molar-refractivity contribution in [1.82, 2.24) is 20.1 Å². The van der Waals surface area contributed by atoms with Gasteiger partial charge in [0, 0.05) is 32.4 Å². The number of piperidine rings is 1. The molecule has 1 aromatic carbocycles. The molecule has 2 aliphatic rings. The van der Waals surface area contributed by atoms with E-state index >= 15 is 0 Å². The van der Waals surface area contributed by atoms with Gasteiger partial charge >= 0.3 is 0 Å². The predicted octanol–water partition coefficient (Wildman–Crippen LogP) is 4.38. The Hall–Kier alpha value is -2.93. The minimum absolute atomic E-state index is 0.0374. The minimum Gasteiger partial charge on any atom is -0.456 e. The van der Waals surface area contributed by atoms with Gasteiger partial charge in [0.1, 0.15) is 23.1 Å².